The smallest absolute Gasteiger partial charge is 0.247 e. The fourth-order valence-electron chi connectivity index (χ4n) is 5.95. The number of hydrogen-bond donors (Lipinski definition) is 1. The van der Waals surface area contributed by atoms with Crippen LogP contribution in [-0.2, 0) is 20.9 Å². The highest BCUT2D eigenvalue weighted by atomic mass is 19.1. The fourth-order valence-corrected chi connectivity index (χ4v) is 5.95. The first kappa shape index (κ1) is 32.3. The van der Waals surface area contributed by atoms with E-state index in [0.29, 0.717) is 54.6 Å². The van der Waals surface area contributed by atoms with Crippen molar-refractivity contribution in [3.63, 3.8) is 0 Å². The third-order valence-electron chi connectivity index (χ3n) is 8.37. The quantitative estimate of drug-likeness (QED) is 0.306. The first-order chi connectivity index (χ1) is 21.9. The average molecular weight is 624 g/mol. The number of carbonyl (C=O) groups excluding carboxylic acids is 2. The summed E-state index contributed by atoms with van der Waals surface area (Å²) in [5.41, 5.74) is 1.19. The van der Waals surface area contributed by atoms with E-state index in [-0.39, 0.29) is 24.4 Å². The van der Waals surface area contributed by atoms with E-state index in [9.17, 15) is 14.0 Å². The van der Waals surface area contributed by atoms with Gasteiger partial charge in [0.2, 0.25) is 17.6 Å². The summed E-state index contributed by atoms with van der Waals surface area (Å²) in [4.78, 5) is 33.1. The molecule has 13 heteroatoms. The number of aromatic nitrogens is 4. The fraction of sp³-hybridized carbons (Fsp3) is 0.531. The number of halogens is 1. The van der Waals surface area contributed by atoms with Crippen LogP contribution in [0.5, 0.6) is 11.5 Å². The lowest BCUT2D eigenvalue weighted by Gasteiger charge is -2.34. The number of morpholine rings is 1. The predicted octanol–water partition coefficient (Wildman–Crippen LogP) is 3.24. The van der Waals surface area contributed by atoms with Crippen molar-refractivity contribution in [3.05, 3.63) is 53.8 Å². The lowest BCUT2D eigenvalue weighted by Crippen LogP contribution is -2.48. The molecule has 2 heterocycles. The van der Waals surface area contributed by atoms with Crippen molar-refractivity contribution < 1.29 is 28.2 Å². The molecule has 3 aromatic rings. The number of benzene rings is 2. The normalized spacial score (nSPS) is 16.6. The topological polar surface area (TPSA) is 124 Å². The maximum Gasteiger partial charge on any atom is 0.247 e. The average Bonchev–Trinajstić information content (AvgIpc) is 3.54. The van der Waals surface area contributed by atoms with E-state index in [2.05, 4.69) is 25.6 Å². The van der Waals surface area contributed by atoms with E-state index in [1.54, 1.807) is 49.5 Å². The summed E-state index contributed by atoms with van der Waals surface area (Å²) in [5.74, 6) is 0.361. The third kappa shape index (κ3) is 8.54. The third-order valence-corrected chi connectivity index (χ3v) is 8.37. The Hall–Kier alpha value is -4.10. The van der Waals surface area contributed by atoms with Crippen LogP contribution in [0.15, 0.2) is 42.5 Å². The minimum atomic E-state index is -0.946. The van der Waals surface area contributed by atoms with Crippen molar-refractivity contribution in [2.75, 3.05) is 53.6 Å². The van der Waals surface area contributed by atoms with Gasteiger partial charge in [-0.25, -0.2) is 4.39 Å². The van der Waals surface area contributed by atoms with Crippen LogP contribution < -0.4 is 14.8 Å². The van der Waals surface area contributed by atoms with Crippen LogP contribution in [0.1, 0.15) is 50.1 Å². The monoisotopic (exact) mass is 623 g/mol. The molecular weight excluding hydrogens is 581 g/mol. The van der Waals surface area contributed by atoms with E-state index in [1.807, 2.05) is 0 Å². The van der Waals surface area contributed by atoms with Gasteiger partial charge in [-0.05, 0) is 60.4 Å². The zero-order valence-corrected chi connectivity index (χ0v) is 26.0. The molecule has 12 nitrogen and oxygen atoms in total. The van der Waals surface area contributed by atoms with Crippen LogP contribution in [0.25, 0.3) is 11.4 Å². The van der Waals surface area contributed by atoms with Crippen LogP contribution >= 0.6 is 0 Å². The molecule has 0 unspecified atom stereocenters. The minimum Gasteiger partial charge on any atom is -0.493 e. The van der Waals surface area contributed by atoms with E-state index in [4.69, 9.17) is 14.2 Å². The molecule has 5 rings (SSSR count). The molecule has 0 bridgehead atoms. The molecule has 1 aliphatic carbocycles. The number of ether oxygens (including phenoxy) is 3. The molecule has 1 atom stereocenters. The Morgan fingerprint density at radius 3 is 2.49 bits per heavy atom. The number of tetrazole rings is 1. The number of nitrogens with one attached hydrogen (secondary N) is 1. The van der Waals surface area contributed by atoms with Crippen LogP contribution in [0.2, 0.25) is 0 Å². The lowest BCUT2D eigenvalue weighted by atomic mass is 9.94. The van der Waals surface area contributed by atoms with Gasteiger partial charge >= 0.3 is 0 Å². The van der Waals surface area contributed by atoms with Crippen molar-refractivity contribution in [2.24, 2.45) is 0 Å². The highest BCUT2D eigenvalue weighted by molar-refractivity contribution is 5.89. The maximum atomic E-state index is 14.1. The Balaban J connectivity index is 1.39. The number of amides is 2. The Morgan fingerprint density at radius 1 is 1.04 bits per heavy atom. The Bertz CT molecular complexity index is 1410. The molecule has 242 valence electrons. The second-order valence-electron chi connectivity index (χ2n) is 11.4. The van der Waals surface area contributed by atoms with Gasteiger partial charge in [0.15, 0.2) is 11.5 Å². The van der Waals surface area contributed by atoms with Gasteiger partial charge in [-0.2, -0.15) is 4.80 Å². The molecule has 1 saturated carbocycles. The molecule has 0 radical (unpaired) electrons. The molecule has 2 aromatic carbocycles. The van der Waals surface area contributed by atoms with E-state index < -0.39 is 11.9 Å². The summed E-state index contributed by atoms with van der Waals surface area (Å²) in [6, 6.07) is 10.1. The highest BCUT2D eigenvalue weighted by Gasteiger charge is 2.33. The van der Waals surface area contributed by atoms with Crippen molar-refractivity contribution in [3.8, 4) is 22.9 Å². The Kier molecular flexibility index (Phi) is 11.3. The van der Waals surface area contributed by atoms with Gasteiger partial charge in [-0.1, -0.05) is 31.4 Å². The zero-order chi connectivity index (χ0) is 31.6. The lowest BCUT2D eigenvalue weighted by molar-refractivity contribution is -0.142. The SMILES string of the molecule is COc1ccc(-c2nnn(CC(=O)N(CCCN3CCOCC3)[C@@H](C(=O)NC3CCCCC3)c3ccc(F)cc3)n2)cc1OC. The summed E-state index contributed by atoms with van der Waals surface area (Å²) in [7, 11) is 3.10. The number of rotatable bonds is 13. The van der Waals surface area contributed by atoms with Crippen LogP contribution in [0.4, 0.5) is 4.39 Å². The predicted molar refractivity (Wildman–Crippen MR) is 164 cm³/mol. The largest absolute Gasteiger partial charge is 0.493 e. The first-order valence-electron chi connectivity index (χ1n) is 15.6. The summed E-state index contributed by atoms with van der Waals surface area (Å²) in [5, 5.41) is 15.9. The summed E-state index contributed by atoms with van der Waals surface area (Å²) in [6.45, 7) is 3.81. The first-order valence-corrected chi connectivity index (χ1v) is 15.6. The van der Waals surface area contributed by atoms with Crippen LogP contribution in [0.3, 0.4) is 0 Å². The van der Waals surface area contributed by atoms with Gasteiger partial charge < -0.3 is 24.4 Å². The molecule has 1 aliphatic heterocycles. The highest BCUT2D eigenvalue weighted by Crippen LogP contribution is 2.31. The number of carbonyl (C=O) groups is 2. The van der Waals surface area contributed by atoms with E-state index >= 15 is 0 Å². The van der Waals surface area contributed by atoms with Gasteiger partial charge in [0.05, 0.1) is 27.4 Å². The number of hydrogen-bond acceptors (Lipinski definition) is 9. The van der Waals surface area contributed by atoms with Crippen LogP contribution in [-0.4, -0.2) is 101 Å². The van der Waals surface area contributed by atoms with Gasteiger partial charge in [0.25, 0.3) is 0 Å². The Labute approximate surface area is 262 Å². The zero-order valence-electron chi connectivity index (χ0n) is 26.0. The molecule has 1 saturated heterocycles. The number of methoxy groups -OCH3 is 2. The van der Waals surface area contributed by atoms with E-state index in [1.165, 1.54) is 16.9 Å². The maximum absolute atomic E-state index is 14.1. The van der Waals surface area contributed by atoms with Crippen molar-refractivity contribution >= 4 is 11.8 Å². The summed E-state index contributed by atoms with van der Waals surface area (Å²) < 4.78 is 30.2. The molecule has 2 fully saturated rings. The Morgan fingerprint density at radius 2 is 1.78 bits per heavy atom. The van der Waals surface area contributed by atoms with Crippen LogP contribution in [0, 0.1) is 5.82 Å². The molecular formula is C32H42FN7O5. The van der Waals surface area contributed by atoms with Gasteiger partial charge in [0, 0.05) is 37.8 Å². The molecule has 1 N–H and O–H groups in total. The second-order valence-corrected chi connectivity index (χ2v) is 11.4. The van der Waals surface area contributed by atoms with Crippen molar-refractivity contribution in [1.29, 1.82) is 0 Å². The molecule has 2 amide bonds. The standard InChI is InChI=1S/C32H42FN7O5/c1-43-27-14-11-24(21-28(27)44-2)31-35-37-40(36-31)22-29(41)39(16-6-15-38-17-19-45-20-18-38)30(23-9-12-25(33)13-10-23)32(42)34-26-7-4-3-5-8-26/h9-14,21,26,30H,3-8,15-20,22H2,1-2H3,(H,34,42)/t30-/m1/s1. The molecule has 0 spiro atoms. The van der Waals surface area contributed by atoms with Gasteiger partial charge in [0.1, 0.15) is 18.4 Å². The second kappa shape index (κ2) is 15.8. The minimum absolute atomic E-state index is 0.0422. The van der Waals surface area contributed by atoms with Gasteiger partial charge in [-0.3, -0.25) is 14.5 Å². The summed E-state index contributed by atoms with van der Waals surface area (Å²) >= 11 is 0. The molecule has 45 heavy (non-hydrogen) atoms. The van der Waals surface area contributed by atoms with Gasteiger partial charge in [-0.15, -0.1) is 10.2 Å². The van der Waals surface area contributed by atoms with Crippen molar-refractivity contribution in [2.45, 2.75) is 57.2 Å². The molecule has 1 aromatic heterocycles. The molecule has 2 aliphatic rings. The number of nitrogens with zero attached hydrogens (tertiary/aromatic N) is 6. The van der Waals surface area contributed by atoms with Crippen molar-refractivity contribution in [1.82, 2.24) is 35.3 Å². The van der Waals surface area contributed by atoms with E-state index in [0.717, 1.165) is 51.7 Å². The summed E-state index contributed by atoms with van der Waals surface area (Å²) in [6.07, 6.45) is 5.69.